The van der Waals surface area contributed by atoms with E-state index in [1.807, 2.05) is 0 Å². The molecule has 0 saturated carbocycles. The second-order valence-electron chi connectivity index (χ2n) is 5.29. The normalized spacial score (nSPS) is 16.8. The van der Waals surface area contributed by atoms with Gasteiger partial charge in [-0.15, -0.1) is 0 Å². The molecule has 0 bridgehead atoms. The molecule has 0 rings (SSSR count). The van der Waals surface area contributed by atoms with Gasteiger partial charge in [-0.05, 0) is 6.92 Å². The number of rotatable bonds is 9. The molecule has 0 aromatic carbocycles. The summed E-state index contributed by atoms with van der Waals surface area (Å²) in [4.78, 5) is 0. The number of hydrogen-bond donors (Lipinski definition) is 0. The van der Waals surface area contributed by atoms with E-state index in [4.69, 9.17) is 0 Å². The lowest BCUT2D eigenvalue weighted by atomic mass is 9.91. The van der Waals surface area contributed by atoms with Crippen molar-refractivity contribution in [2.24, 2.45) is 0 Å². The van der Waals surface area contributed by atoms with E-state index < -0.39 is 63.6 Å². The van der Waals surface area contributed by atoms with Crippen LogP contribution in [-0.2, 0) is 4.43 Å². The van der Waals surface area contributed by atoms with Crippen LogP contribution >= 0.6 is 0 Å². The lowest BCUT2D eigenvalue weighted by Gasteiger charge is -2.42. The SMILES string of the molecule is CCO[SiH2]C(F)(F)C(F)(F)C(F)(F)C(F)(F)C(F)(F)C(F)(F)C(F)(F)C(F)(F)F. The summed E-state index contributed by atoms with van der Waals surface area (Å²) >= 11 is 0. The molecule has 0 spiro atoms. The average molecular weight is 494 g/mol. The summed E-state index contributed by atoms with van der Waals surface area (Å²) in [6.45, 7) is -0.0895. The fourth-order valence-corrected chi connectivity index (χ4v) is 2.38. The molecule has 0 N–H and O–H groups in total. The quantitative estimate of drug-likeness (QED) is 0.321. The number of halogens is 17. The molecular formula is C10H7F17OSi. The van der Waals surface area contributed by atoms with Crippen molar-refractivity contribution in [1.82, 2.24) is 0 Å². The summed E-state index contributed by atoms with van der Waals surface area (Å²) in [7, 11) is -4.29. The van der Waals surface area contributed by atoms with Crippen LogP contribution in [0.5, 0.6) is 0 Å². The third-order valence-electron chi connectivity index (χ3n) is 3.27. The van der Waals surface area contributed by atoms with Crippen molar-refractivity contribution in [3.05, 3.63) is 0 Å². The first-order valence-corrected chi connectivity index (χ1v) is 7.89. The maximum atomic E-state index is 13.3. The molecule has 0 aliphatic carbocycles. The van der Waals surface area contributed by atoms with Crippen LogP contribution in [0.1, 0.15) is 6.92 Å². The van der Waals surface area contributed by atoms with Crippen LogP contribution in [0, 0.1) is 0 Å². The van der Waals surface area contributed by atoms with E-state index in [-0.39, 0.29) is 0 Å². The van der Waals surface area contributed by atoms with Crippen molar-refractivity contribution in [2.75, 3.05) is 6.61 Å². The molecule has 29 heavy (non-hydrogen) atoms. The van der Waals surface area contributed by atoms with Gasteiger partial charge in [-0.2, -0.15) is 65.9 Å². The average Bonchev–Trinajstić information content (AvgIpc) is 2.50. The molecule has 0 radical (unpaired) electrons. The summed E-state index contributed by atoms with van der Waals surface area (Å²) in [6, 6.07) is 0. The van der Waals surface area contributed by atoms with Crippen LogP contribution < -0.4 is 0 Å². The number of alkyl halides is 17. The van der Waals surface area contributed by atoms with Crippen LogP contribution in [0.25, 0.3) is 0 Å². The van der Waals surface area contributed by atoms with E-state index in [0.717, 1.165) is 6.92 Å². The number of hydrogen-bond acceptors (Lipinski definition) is 1. The van der Waals surface area contributed by atoms with Gasteiger partial charge in [-0.3, -0.25) is 0 Å². The summed E-state index contributed by atoms with van der Waals surface area (Å²) in [6.07, 6.45) is -7.75. The lowest BCUT2D eigenvalue weighted by Crippen LogP contribution is -2.75. The predicted octanol–water partition coefficient (Wildman–Crippen LogP) is 5.07. The fourth-order valence-electron chi connectivity index (χ4n) is 1.52. The molecule has 0 aromatic heterocycles. The van der Waals surface area contributed by atoms with E-state index in [9.17, 15) is 74.6 Å². The van der Waals surface area contributed by atoms with Crippen molar-refractivity contribution in [3.63, 3.8) is 0 Å². The lowest BCUT2D eigenvalue weighted by molar-refractivity contribution is -0.458. The zero-order valence-electron chi connectivity index (χ0n) is 13.2. The zero-order chi connectivity index (χ0) is 24.1. The first-order chi connectivity index (χ1) is 12.3. The highest BCUT2D eigenvalue weighted by atomic mass is 28.2. The minimum atomic E-state index is -8.59. The highest BCUT2D eigenvalue weighted by Gasteiger charge is 2.95. The van der Waals surface area contributed by atoms with Gasteiger partial charge in [-0.1, -0.05) is 0 Å². The first kappa shape index (κ1) is 28.0. The molecule has 0 fully saturated rings. The van der Waals surface area contributed by atoms with Crippen molar-refractivity contribution in [2.45, 2.75) is 54.2 Å². The van der Waals surface area contributed by atoms with Crippen molar-refractivity contribution in [3.8, 4) is 0 Å². The van der Waals surface area contributed by atoms with Crippen LogP contribution in [0.4, 0.5) is 74.6 Å². The van der Waals surface area contributed by atoms with Crippen molar-refractivity contribution >= 4 is 9.76 Å². The molecular weight excluding hydrogens is 487 g/mol. The zero-order valence-corrected chi connectivity index (χ0v) is 14.7. The van der Waals surface area contributed by atoms with Crippen LogP contribution in [0.15, 0.2) is 0 Å². The van der Waals surface area contributed by atoms with Gasteiger partial charge >= 0.3 is 47.3 Å². The van der Waals surface area contributed by atoms with Gasteiger partial charge in [0, 0.05) is 6.61 Å². The molecule has 176 valence electrons. The highest BCUT2D eigenvalue weighted by Crippen LogP contribution is 2.63. The molecule has 0 heterocycles. The monoisotopic (exact) mass is 494 g/mol. The van der Waals surface area contributed by atoms with Crippen LogP contribution in [-0.4, -0.2) is 63.6 Å². The van der Waals surface area contributed by atoms with E-state index in [1.165, 1.54) is 0 Å². The van der Waals surface area contributed by atoms with Gasteiger partial charge in [0.15, 0.2) is 0 Å². The Balaban J connectivity index is 6.57. The van der Waals surface area contributed by atoms with Crippen LogP contribution in [0.2, 0.25) is 0 Å². The molecule has 19 heteroatoms. The summed E-state index contributed by atoms with van der Waals surface area (Å²) < 4.78 is 222. The minimum absolute atomic E-state index is 0.807. The molecule has 1 nitrogen and oxygen atoms in total. The van der Waals surface area contributed by atoms with E-state index in [0.29, 0.717) is 0 Å². The molecule has 0 unspecified atom stereocenters. The summed E-state index contributed by atoms with van der Waals surface area (Å²) in [5, 5.41) is 0. The standard InChI is InChI=1S/C10H7F17OSi/c1-2-28-29-10(26,27)8(21,22)6(17,18)4(13,14)3(11,12)5(15,16)7(19,20)9(23,24)25/h2,29H2,1H3. The molecule has 0 aliphatic rings. The third-order valence-corrected chi connectivity index (χ3v) is 4.69. The van der Waals surface area contributed by atoms with Gasteiger partial charge in [0.1, 0.15) is 0 Å². The second-order valence-corrected chi connectivity index (χ2v) is 6.87. The third kappa shape index (κ3) is 3.75. The van der Waals surface area contributed by atoms with E-state index >= 15 is 0 Å². The maximum absolute atomic E-state index is 13.3. The van der Waals surface area contributed by atoms with Gasteiger partial charge in [0.2, 0.25) is 9.76 Å². The van der Waals surface area contributed by atoms with E-state index in [1.54, 1.807) is 0 Å². The molecule has 0 saturated heterocycles. The molecule has 0 atom stereocenters. The van der Waals surface area contributed by atoms with E-state index in [2.05, 4.69) is 4.43 Å². The van der Waals surface area contributed by atoms with Gasteiger partial charge in [0.25, 0.3) is 0 Å². The Morgan fingerprint density at radius 3 is 1.03 bits per heavy atom. The minimum Gasteiger partial charge on any atom is -0.417 e. The second kappa shape index (κ2) is 7.29. The van der Waals surface area contributed by atoms with Gasteiger partial charge in [-0.25, -0.2) is 8.78 Å². The smallest absolute Gasteiger partial charge is 0.417 e. The predicted molar refractivity (Wildman–Crippen MR) is 60.9 cm³/mol. The Morgan fingerprint density at radius 1 is 0.483 bits per heavy atom. The Kier molecular flexibility index (Phi) is 7.04. The summed E-state index contributed by atoms with van der Waals surface area (Å²) in [5.74, 6) is -49.6. The summed E-state index contributed by atoms with van der Waals surface area (Å²) in [5.41, 5.74) is -6.34. The Bertz CT molecular complexity index is 579. The fraction of sp³-hybridized carbons (Fsp3) is 1.00. The van der Waals surface area contributed by atoms with Gasteiger partial charge in [0.05, 0.1) is 0 Å². The van der Waals surface area contributed by atoms with Crippen molar-refractivity contribution < 1.29 is 79.1 Å². The van der Waals surface area contributed by atoms with Crippen LogP contribution in [0.3, 0.4) is 0 Å². The first-order valence-electron chi connectivity index (χ1n) is 6.60. The van der Waals surface area contributed by atoms with Gasteiger partial charge < -0.3 is 4.43 Å². The molecule has 0 aromatic rings. The Labute approximate surface area is 151 Å². The highest BCUT2D eigenvalue weighted by molar-refractivity contribution is 6.31. The molecule has 0 aliphatic heterocycles. The largest absolute Gasteiger partial charge is 0.460 e. The van der Waals surface area contributed by atoms with Crippen molar-refractivity contribution in [1.29, 1.82) is 0 Å². The Hall–Kier alpha value is -1.01. The molecule has 0 amide bonds. The Morgan fingerprint density at radius 2 is 0.759 bits per heavy atom. The topological polar surface area (TPSA) is 9.23 Å². The maximum Gasteiger partial charge on any atom is 0.460 e.